The fourth-order valence-corrected chi connectivity index (χ4v) is 2.26. The molecule has 0 saturated carbocycles. The number of aryl methyl sites for hydroxylation is 2. The summed E-state index contributed by atoms with van der Waals surface area (Å²) < 4.78 is 5.04. The maximum atomic E-state index is 12.2. The fraction of sp³-hybridized carbons (Fsp3) is 0.278. The van der Waals surface area contributed by atoms with Crippen molar-refractivity contribution in [1.82, 2.24) is 5.32 Å². The van der Waals surface area contributed by atoms with Gasteiger partial charge in [-0.25, -0.2) is 4.79 Å². The van der Waals surface area contributed by atoms with Gasteiger partial charge in [-0.15, -0.1) is 0 Å². The molecule has 1 amide bonds. The van der Waals surface area contributed by atoms with E-state index in [4.69, 9.17) is 9.52 Å². The van der Waals surface area contributed by atoms with E-state index in [0.717, 1.165) is 11.1 Å². The van der Waals surface area contributed by atoms with Crippen LogP contribution >= 0.6 is 0 Å². The van der Waals surface area contributed by atoms with E-state index in [0.29, 0.717) is 11.3 Å². The van der Waals surface area contributed by atoms with Crippen LogP contribution in [0.4, 0.5) is 0 Å². The van der Waals surface area contributed by atoms with E-state index in [-0.39, 0.29) is 36.8 Å². The van der Waals surface area contributed by atoms with Crippen LogP contribution in [0.5, 0.6) is 0 Å². The van der Waals surface area contributed by atoms with Crippen LogP contribution in [0.25, 0.3) is 0 Å². The Hall–Kier alpha value is -2.89. The Morgan fingerprint density at radius 1 is 1.08 bits per heavy atom. The van der Waals surface area contributed by atoms with Crippen molar-refractivity contribution in [2.75, 3.05) is 0 Å². The van der Waals surface area contributed by atoms with Gasteiger partial charge in [0.25, 0.3) is 0 Å². The Morgan fingerprint density at radius 3 is 2.50 bits per heavy atom. The normalized spacial score (nSPS) is 10.4. The number of furan rings is 1. The van der Waals surface area contributed by atoms with E-state index in [1.807, 2.05) is 32.0 Å². The average Bonchev–Trinajstić information content (AvgIpc) is 3.02. The van der Waals surface area contributed by atoms with Crippen LogP contribution in [0, 0.1) is 13.8 Å². The number of carbonyl (C=O) groups is 3. The van der Waals surface area contributed by atoms with Crippen LogP contribution < -0.4 is 5.32 Å². The first-order valence-electron chi connectivity index (χ1n) is 7.56. The number of rotatable bonds is 7. The second-order valence-corrected chi connectivity index (χ2v) is 5.59. The molecule has 0 aliphatic heterocycles. The van der Waals surface area contributed by atoms with E-state index in [1.165, 1.54) is 12.1 Å². The van der Waals surface area contributed by atoms with Crippen LogP contribution in [0.2, 0.25) is 0 Å². The number of amides is 1. The molecular weight excluding hydrogens is 310 g/mol. The predicted molar refractivity (Wildman–Crippen MR) is 87.0 cm³/mol. The van der Waals surface area contributed by atoms with Gasteiger partial charge in [0.2, 0.25) is 11.7 Å². The highest BCUT2D eigenvalue weighted by Crippen LogP contribution is 2.14. The lowest BCUT2D eigenvalue weighted by Crippen LogP contribution is -2.23. The highest BCUT2D eigenvalue weighted by atomic mass is 16.4. The van der Waals surface area contributed by atoms with Crippen LogP contribution in [0.1, 0.15) is 50.6 Å². The summed E-state index contributed by atoms with van der Waals surface area (Å²) in [7, 11) is 0. The lowest BCUT2D eigenvalue weighted by atomic mass is 9.99. The van der Waals surface area contributed by atoms with E-state index in [1.54, 1.807) is 0 Å². The summed E-state index contributed by atoms with van der Waals surface area (Å²) in [5, 5.41) is 11.4. The molecule has 0 unspecified atom stereocenters. The number of benzene rings is 1. The first-order chi connectivity index (χ1) is 11.4. The van der Waals surface area contributed by atoms with Crippen molar-refractivity contribution in [3.8, 4) is 0 Å². The van der Waals surface area contributed by atoms with Gasteiger partial charge in [-0.3, -0.25) is 9.59 Å². The molecule has 2 N–H and O–H groups in total. The molecule has 0 atom stereocenters. The van der Waals surface area contributed by atoms with Crippen molar-refractivity contribution < 1.29 is 23.9 Å². The number of nitrogens with one attached hydrogen (secondary N) is 1. The van der Waals surface area contributed by atoms with Crippen LogP contribution in [0.3, 0.4) is 0 Å². The maximum absolute atomic E-state index is 12.2. The molecule has 2 aromatic rings. The SMILES string of the molecule is Cc1ccc(C)c(C(=O)CCC(=O)NCc2ccc(C(=O)O)o2)c1. The van der Waals surface area contributed by atoms with Crippen molar-refractivity contribution in [3.05, 3.63) is 58.5 Å². The van der Waals surface area contributed by atoms with E-state index < -0.39 is 5.97 Å². The Kier molecular flexibility index (Phi) is 5.52. The third-order valence-electron chi connectivity index (χ3n) is 3.60. The summed E-state index contributed by atoms with van der Waals surface area (Å²) in [4.78, 5) is 34.7. The van der Waals surface area contributed by atoms with Gasteiger partial charge in [0.1, 0.15) is 5.76 Å². The lowest BCUT2D eigenvalue weighted by Gasteiger charge is -2.07. The Labute approximate surface area is 139 Å². The number of ketones is 1. The highest BCUT2D eigenvalue weighted by Gasteiger charge is 2.13. The fourth-order valence-electron chi connectivity index (χ4n) is 2.26. The van der Waals surface area contributed by atoms with Gasteiger partial charge < -0.3 is 14.8 Å². The largest absolute Gasteiger partial charge is 0.475 e. The summed E-state index contributed by atoms with van der Waals surface area (Å²) in [6.07, 6.45) is 0.188. The lowest BCUT2D eigenvalue weighted by molar-refractivity contribution is -0.121. The van der Waals surface area contributed by atoms with Crippen LogP contribution in [-0.4, -0.2) is 22.8 Å². The molecule has 0 spiro atoms. The molecule has 126 valence electrons. The number of hydrogen-bond donors (Lipinski definition) is 2. The minimum absolute atomic E-state index is 0.0682. The third-order valence-corrected chi connectivity index (χ3v) is 3.60. The standard InChI is InChI=1S/C18H19NO5/c1-11-3-4-12(2)14(9-11)15(20)6-8-17(21)19-10-13-5-7-16(24-13)18(22)23/h3-5,7,9H,6,8,10H2,1-2H3,(H,19,21)(H,22,23). The zero-order valence-electron chi connectivity index (χ0n) is 13.6. The highest BCUT2D eigenvalue weighted by molar-refractivity contribution is 5.99. The summed E-state index contributed by atoms with van der Waals surface area (Å²) >= 11 is 0. The summed E-state index contributed by atoms with van der Waals surface area (Å²) in [6, 6.07) is 8.47. The van der Waals surface area contributed by atoms with Gasteiger partial charge in [-0.05, 0) is 37.6 Å². The Morgan fingerprint density at radius 2 is 1.83 bits per heavy atom. The minimum Gasteiger partial charge on any atom is -0.475 e. The zero-order valence-corrected chi connectivity index (χ0v) is 13.6. The number of aromatic carboxylic acids is 1. The molecule has 0 radical (unpaired) electrons. The molecule has 24 heavy (non-hydrogen) atoms. The van der Waals surface area contributed by atoms with E-state index >= 15 is 0 Å². The minimum atomic E-state index is -1.16. The molecule has 6 nitrogen and oxygen atoms in total. The zero-order chi connectivity index (χ0) is 17.7. The number of carbonyl (C=O) groups excluding carboxylic acids is 2. The number of Topliss-reactive ketones (excluding diaryl/α,β-unsaturated/α-hetero) is 1. The van der Waals surface area contributed by atoms with Gasteiger partial charge in [0.05, 0.1) is 6.54 Å². The molecule has 1 aromatic carbocycles. The van der Waals surface area contributed by atoms with Crippen LogP contribution in [0.15, 0.2) is 34.7 Å². The molecule has 0 fully saturated rings. The average molecular weight is 329 g/mol. The summed E-state index contributed by atoms with van der Waals surface area (Å²) in [5.74, 6) is -1.35. The molecule has 1 aromatic heterocycles. The van der Waals surface area contributed by atoms with Crippen LogP contribution in [-0.2, 0) is 11.3 Å². The van der Waals surface area contributed by atoms with Crippen molar-refractivity contribution in [3.63, 3.8) is 0 Å². The van der Waals surface area contributed by atoms with Crippen molar-refractivity contribution in [2.45, 2.75) is 33.2 Å². The van der Waals surface area contributed by atoms with Gasteiger partial charge in [-0.2, -0.15) is 0 Å². The molecular formula is C18H19NO5. The number of hydrogen-bond acceptors (Lipinski definition) is 4. The van der Waals surface area contributed by atoms with Gasteiger partial charge in [0, 0.05) is 18.4 Å². The maximum Gasteiger partial charge on any atom is 0.371 e. The monoisotopic (exact) mass is 329 g/mol. The van der Waals surface area contributed by atoms with Gasteiger partial charge in [0.15, 0.2) is 5.78 Å². The molecule has 0 saturated heterocycles. The van der Waals surface area contributed by atoms with Crippen molar-refractivity contribution in [2.24, 2.45) is 0 Å². The predicted octanol–water partition coefficient (Wildman–Crippen LogP) is 2.87. The topological polar surface area (TPSA) is 96.6 Å². The van der Waals surface area contributed by atoms with E-state index in [9.17, 15) is 14.4 Å². The quantitative estimate of drug-likeness (QED) is 0.761. The molecule has 6 heteroatoms. The van der Waals surface area contributed by atoms with Gasteiger partial charge >= 0.3 is 5.97 Å². The van der Waals surface area contributed by atoms with Crippen molar-refractivity contribution in [1.29, 1.82) is 0 Å². The Bertz CT molecular complexity index is 775. The Balaban J connectivity index is 1.83. The van der Waals surface area contributed by atoms with Crippen molar-refractivity contribution >= 4 is 17.7 Å². The second kappa shape index (κ2) is 7.59. The molecule has 1 heterocycles. The number of carboxylic acid groups (broad SMARTS) is 1. The second-order valence-electron chi connectivity index (χ2n) is 5.59. The molecule has 0 bridgehead atoms. The molecule has 2 rings (SSSR count). The van der Waals surface area contributed by atoms with E-state index in [2.05, 4.69) is 5.32 Å². The summed E-state index contributed by atoms with van der Waals surface area (Å²) in [6.45, 7) is 3.87. The first-order valence-corrected chi connectivity index (χ1v) is 7.56. The third kappa shape index (κ3) is 4.55. The first kappa shape index (κ1) is 17.5. The molecule has 0 aliphatic carbocycles. The number of carboxylic acids is 1. The van der Waals surface area contributed by atoms with Gasteiger partial charge in [-0.1, -0.05) is 17.7 Å². The summed E-state index contributed by atoms with van der Waals surface area (Å²) in [5.41, 5.74) is 2.53. The smallest absolute Gasteiger partial charge is 0.371 e. The molecule has 0 aliphatic rings.